The molecule has 11 heterocycles. The molecule has 0 aromatic carbocycles. The predicted octanol–water partition coefficient (Wildman–Crippen LogP) is 4.08. The van der Waals surface area contributed by atoms with Crippen LogP contribution in [0.1, 0.15) is 22.8 Å². The van der Waals surface area contributed by atoms with Gasteiger partial charge in [0, 0.05) is 91.5 Å². The first-order valence-electron chi connectivity index (χ1n) is 20.2. The van der Waals surface area contributed by atoms with E-state index in [4.69, 9.17) is 17.2 Å². The summed E-state index contributed by atoms with van der Waals surface area (Å²) < 4.78 is 12.1. The number of halogens is 1. The molecule has 0 bridgehead atoms. The van der Waals surface area contributed by atoms with E-state index in [2.05, 4.69) is 91.7 Å². The van der Waals surface area contributed by atoms with Crippen molar-refractivity contribution in [2.75, 3.05) is 17.2 Å². The molecule has 336 valence electrons. The number of nitrogen functional groups attached to an aromatic ring is 3. The Morgan fingerprint density at radius 1 is 0.522 bits per heavy atom. The number of aryl methyl sites for hydroxylation is 5. The molecule has 67 heavy (non-hydrogen) atoms. The Bertz CT molecular complexity index is 3400. The number of nitrogens with one attached hydrogen (secondary N) is 1. The molecule has 0 saturated carbocycles. The molecule has 0 unspecified atom stereocenters. The minimum atomic E-state index is 0.326. The van der Waals surface area contributed by atoms with Gasteiger partial charge in [0.1, 0.15) is 21.9 Å². The molecular formula is C41H40BrN25. The van der Waals surface area contributed by atoms with Gasteiger partial charge >= 0.3 is 0 Å². The highest BCUT2D eigenvalue weighted by Crippen LogP contribution is 2.32. The van der Waals surface area contributed by atoms with Crippen LogP contribution in [-0.2, 0) is 7.05 Å². The van der Waals surface area contributed by atoms with E-state index >= 15 is 0 Å². The molecule has 25 nitrogen and oxygen atoms in total. The summed E-state index contributed by atoms with van der Waals surface area (Å²) in [7, 11) is 1.84. The lowest BCUT2D eigenvalue weighted by Gasteiger charge is -2.11. The van der Waals surface area contributed by atoms with Gasteiger partial charge < -0.3 is 17.2 Å². The van der Waals surface area contributed by atoms with Gasteiger partial charge in [-0.1, -0.05) is 0 Å². The van der Waals surface area contributed by atoms with E-state index < -0.39 is 0 Å². The number of aromatic nitrogens is 22. The number of hydrogen-bond acceptors (Lipinski definition) is 17. The fraction of sp³-hybridized carbons (Fsp3) is 0.122. The van der Waals surface area contributed by atoms with E-state index in [0.717, 1.165) is 33.9 Å². The summed E-state index contributed by atoms with van der Waals surface area (Å²) in [5.41, 5.74) is 25.1. The van der Waals surface area contributed by atoms with Gasteiger partial charge in [-0.3, -0.25) is 9.78 Å². The first-order chi connectivity index (χ1) is 32.4. The summed E-state index contributed by atoms with van der Waals surface area (Å²) in [5, 5.41) is 36.5. The fourth-order valence-corrected chi connectivity index (χ4v) is 7.19. The van der Waals surface area contributed by atoms with E-state index in [-0.39, 0.29) is 0 Å². The lowest BCUT2D eigenvalue weighted by atomic mass is 10.1. The Balaban J connectivity index is 0.000000126. The fourth-order valence-electron chi connectivity index (χ4n) is 6.85. The lowest BCUT2D eigenvalue weighted by molar-refractivity contribution is 0.742. The first-order valence-corrected chi connectivity index (χ1v) is 20.9. The van der Waals surface area contributed by atoms with Crippen molar-refractivity contribution >= 4 is 33.4 Å². The molecule has 0 atom stereocenters. The number of H-pyrrole nitrogens is 1. The van der Waals surface area contributed by atoms with Crippen LogP contribution >= 0.6 is 15.9 Å². The summed E-state index contributed by atoms with van der Waals surface area (Å²) >= 11 is 3.45. The largest absolute Gasteiger partial charge is 0.383 e. The van der Waals surface area contributed by atoms with Crippen LogP contribution in [0.5, 0.6) is 0 Å². The van der Waals surface area contributed by atoms with Crippen LogP contribution in [0.2, 0.25) is 0 Å². The minimum Gasteiger partial charge on any atom is -0.383 e. The maximum atomic E-state index is 6.21. The van der Waals surface area contributed by atoms with Crippen LogP contribution < -0.4 is 17.2 Å². The summed E-state index contributed by atoms with van der Waals surface area (Å²) in [4.78, 5) is 26.7. The van der Waals surface area contributed by atoms with Crippen LogP contribution in [0.25, 0.3) is 57.6 Å². The second-order valence-corrected chi connectivity index (χ2v) is 15.4. The SMILES string of the molecule is Cc1cc(C)n(-c2nc(N)c(Br)c(-n3nc(C)cc3C)n2)n1.Cn1cc(-c2c(N)nc(-n3cccn3)nc2-n2cccn2)cn1.Nc1nc(-n2cccn2)nc(-n2cccn2)c1-c1cn[nH]c1. The average Bonchev–Trinajstić information content (AvgIpc) is 4.15. The van der Waals surface area contributed by atoms with Crippen molar-refractivity contribution in [3.8, 4) is 57.6 Å². The summed E-state index contributed by atoms with van der Waals surface area (Å²) in [6.07, 6.45) is 20.7. The monoisotopic (exact) mass is 961 g/mol. The molecule has 0 saturated heterocycles. The van der Waals surface area contributed by atoms with Crippen LogP contribution in [-0.4, -0.2) is 109 Å². The number of nitrogens with zero attached hydrogens (tertiary/aromatic N) is 21. The van der Waals surface area contributed by atoms with Crippen molar-refractivity contribution in [1.29, 1.82) is 0 Å². The smallest absolute Gasteiger partial charge is 0.254 e. The zero-order valence-electron chi connectivity index (χ0n) is 36.4. The van der Waals surface area contributed by atoms with Gasteiger partial charge in [-0.05, 0) is 80.0 Å². The summed E-state index contributed by atoms with van der Waals surface area (Å²) in [6.45, 7) is 7.77. The van der Waals surface area contributed by atoms with Gasteiger partial charge in [-0.2, -0.15) is 70.7 Å². The molecule has 7 N–H and O–H groups in total. The topological polar surface area (TPSA) is 309 Å². The molecule has 11 rings (SSSR count). The number of rotatable bonds is 8. The summed E-state index contributed by atoms with van der Waals surface area (Å²) in [6, 6.07) is 11.2. The molecule has 11 aromatic heterocycles. The standard InChI is InChI=1S/C14H16BrN7.C14H13N9.C13H11N9/c1-7-5-9(3)21(19-7)13-11(15)12(16)17-14(18-13)22-10(4)6-8(2)20-22;1-21-9-10(8-18-21)11-12(15)19-14(23-7-3-5-17-23)20-13(11)22-6-2-4-16-22;14-11-10(9-7-15-16-8-9)12(21-5-1-3-17-21)20-13(19-11)22-6-2-4-18-22/h5-6H,1-4H3,(H2,16,17,18);2-9H,1H3,(H2,15,19,20);1-8H,(H,15,16)(H2,14,19,20). The Labute approximate surface area is 388 Å². The van der Waals surface area contributed by atoms with Gasteiger partial charge in [0.2, 0.25) is 0 Å². The van der Waals surface area contributed by atoms with Crippen molar-refractivity contribution in [3.63, 3.8) is 0 Å². The normalized spacial score (nSPS) is 11.0. The van der Waals surface area contributed by atoms with Gasteiger partial charge in [0.15, 0.2) is 17.5 Å². The van der Waals surface area contributed by atoms with Crippen LogP contribution in [0.15, 0.2) is 115 Å². The number of hydrogen-bond donors (Lipinski definition) is 4. The first kappa shape index (κ1) is 43.1. The van der Waals surface area contributed by atoms with Gasteiger partial charge in [-0.25, -0.2) is 28.1 Å². The second kappa shape index (κ2) is 18.1. The molecule has 0 fully saturated rings. The zero-order chi connectivity index (χ0) is 46.8. The zero-order valence-corrected chi connectivity index (χ0v) is 38.0. The Morgan fingerprint density at radius 3 is 1.43 bits per heavy atom. The van der Waals surface area contributed by atoms with Crippen molar-refractivity contribution in [2.24, 2.45) is 7.05 Å². The highest BCUT2D eigenvalue weighted by atomic mass is 79.9. The molecule has 11 aromatic rings. The third kappa shape index (κ3) is 8.85. The molecule has 0 amide bonds. The van der Waals surface area contributed by atoms with E-state index in [9.17, 15) is 0 Å². The maximum absolute atomic E-state index is 6.21. The van der Waals surface area contributed by atoms with Crippen molar-refractivity contribution in [3.05, 3.63) is 138 Å². The van der Waals surface area contributed by atoms with E-state index in [1.807, 2.05) is 65.2 Å². The van der Waals surface area contributed by atoms with Gasteiger partial charge in [0.05, 0.1) is 34.9 Å². The highest BCUT2D eigenvalue weighted by molar-refractivity contribution is 9.10. The van der Waals surface area contributed by atoms with Crippen molar-refractivity contribution in [1.82, 2.24) is 109 Å². The lowest BCUT2D eigenvalue weighted by Crippen LogP contribution is -2.13. The van der Waals surface area contributed by atoms with E-state index in [0.29, 0.717) is 68.4 Å². The van der Waals surface area contributed by atoms with Gasteiger partial charge in [0.25, 0.3) is 17.8 Å². The van der Waals surface area contributed by atoms with E-state index in [1.165, 1.54) is 0 Å². The molecular weight excluding hydrogens is 923 g/mol. The third-order valence-electron chi connectivity index (χ3n) is 9.71. The number of anilines is 3. The molecule has 26 heteroatoms. The molecule has 0 aliphatic heterocycles. The van der Waals surface area contributed by atoms with Crippen molar-refractivity contribution in [2.45, 2.75) is 27.7 Å². The molecule has 0 aliphatic carbocycles. The Kier molecular flexibility index (Phi) is 11.6. The number of nitrogens with two attached hydrogens (primary N) is 3. The highest BCUT2D eigenvalue weighted by Gasteiger charge is 2.21. The molecule has 0 radical (unpaired) electrons. The third-order valence-corrected chi connectivity index (χ3v) is 10.5. The van der Waals surface area contributed by atoms with E-state index in [1.54, 1.807) is 113 Å². The number of aromatic amines is 1. The Hall–Kier alpha value is -9.20. The van der Waals surface area contributed by atoms with Crippen LogP contribution in [0.4, 0.5) is 17.5 Å². The molecule has 0 spiro atoms. The van der Waals surface area contributed by atoms with Crippen molar-refractivity contribution < 1.29 is 0 Å². The summed E-state index contributed by atoms with van der Waals surface area (Å²) in [5.74, 6) is 3.92. The average molecular weight is 963 g/mol. The van der Waals surface area contributed by atoms with Gasteiger partial charge in [-0.15, -0.1) is 0 Å². The Morgan fingerprint density at radius 2 is 1.00 bits per heavy atom. The predicted molar refractivity (Wildman–Crippen MR) is 248 cm³/mol. The second-order valence-electron chi connectivity index (χ2n) is 14.6. The van der Waals surface area contributed by atoms with Crippen LogP contribution in [0.3, 0.4) is 0 Å². The quantitative estimate of drug-likeness (QED) is 0.167. The van der Waals surface area contributed by atoms with Crippen LogP contribution in [0, 0.1) is 27.7 Å². The molecule has 0 aliphatic rings. The maximum Gasteiger partial charge on any atom is 0.254 e. The minimum absolute atomic E-state index is 0.326.